The van der Waals surface area contributed by atoms with E-state index in [1.54, 1.807) is 0 Å². The van der Waals surface area contributed by atoms with Crippen LogP contribution in [0.3, 0.4) is 0 Å². The molecule has 0 radical (unpaired) electrons. The molecule has 0 aromatic rings. The zero-order chi connectivity index (χ0) is 14.6. The van der Waals surface area contributed by atoms with Crippen molar-refractivity contribution in [1.82, 2.24) is 4.90 Å². The van der Waals surface area contributed by atoms with E-state index in [0.29, 0.717) is 6.61 Å². The van der Waals surface area contributed by atoms with Crippen LogP contribution in [-0.4, -0.2) is 51.6 Å². The van der Waals surface area contributed by atoms with Gasteiger partial charge < -0.3 is 14.9 Å². The van der Waals surface area contributed by atoms with Crippen molar-refractivity contribution in [3.05, 3.63) is 0 Å². The third-order valence-corrected chi connectivity index (χ3v) is 3.59. The van der Waals surface area contributed by atoms with Crippen molar-refractivity contribution in [2.24, 2.45) is 0 Å². The Bertz CT molecular complexity index is 292. The third-order valence-electron chi connectivity index (χ3n) is 3.59. The summed E-state index contributed by atoms with van der Waals surface area (Å²) in [6.07, 6.45) is 2.32. The van der Waals surface area contributed by atoms with Crippen molar-refractivity contribution in [3.63, 3.8) is 0 Å². The molecule has 0 bridgehead atoms. The Labute approximate surface area is 115 Å². The third kappa shape index (κ3) is 4.99. The summed E-state index contributed by atoms with van der Waals surface area (Å²) in [6, 6.07) is -0.177. The van der Waals surface area contributed by atoms with Crippen LogP contribution in [0, 0.1) is 0 Å². The maximum absolute atomic E-state index is 11.3. The number of aliphatic hydroxyl groups excluding tert-OH is 1. The number of carboxylic acid groups (broad SMARTS) is 1. The molecule has 5 nitrogen and oxygen atoms in total. The molecule has 112 valence electrons. The molecule has 5 heteroatoms. The molecule has 0 heterocycles. The second-order valence-corrected chi connectivity index (χ2v) is 6.44. The van der Waals surface area contributed by atoms with Crippen LogP contribution in [0.5, 0.6) is 0 Å². The van der Waals surface area contributed by atoms with Gasteiger partial charge in [0, 0.05) is 5.54 Å². The lowest BCUT2D eigenvalue weighted by atomic mass is 9.95. The molecule has 1 fully saturated rings. The van der Waals surface area contributed by atoms with E-state index in [1.165, 1.54) is 4.90 Å². The summed E-state index contributed by atoms with van der Waals surface area (Å²) in [5.74, 6) is 0. The number of amides is 1. The molecule has 1 aliphatic rings. The second-order valence-electron chi connectivity index (χ2n) is 6.44. The summed E-state index contributed by atoms with van der Waals surface area (Å²) in [4.78, 5) is 12.8. The van der Waals surface area contributed by atoms with Gasteiger partial charge in [-0.15, -0.1) is 0 Å². The molecule has 19 heavy (non-hydrogen) atoms. The van der Waals surface area contributed by atoms with Gasteiger partial charge in [0.15, 0.2) is 0 Å². The Balaban J connectivity index is 2.45. The molecule has 0 aromatic heterocycles. The quantitative estimate of drug-likeness (QED) is 0.825. The summed E-state index contributed by atoms with van der Waals surface area (Å²) in [5, 5.41) is 18.7. The maximum atomic E-state index is 11.3. The van der Waals surface area contributed by atoms with Crippen LogP contribution in [0.4, 0.5) is 4.79 Å². The van der Waals surface area contributed by atoms with Crippen molar-refractivity contribution in [2.75, 3.05) is 6.61 Å². The fourth-order valence-electron chi connectivity index (χ4n) is 2.70. The number of ether oxygens (including phenoxy) is 1. The Kier molecular flexibility index (Phi) is 5.62. The van der Waals surface area contributed by atoms with Gasteiger partial charge in [0.2, 0.25) is 0 Å². The van der Waals surface area contributed by atoms with Crippen molar-refractivity contribution >= 4 is 6.09 Å². The zero-order valence-corrected chi connectivity index (χ0v) is 12.4. The normalized spacial score (nSPS) is 25.9. The van der Waals surface area contributed by atoms with Gasteiger partial charge in [-0.05, 0) is 53.4 Å². The van der Waals surface area contributed by atoms with E-state index in [2.05, 4.69) is 0 Å². The van der Waals surface area contributed by atoms with Crippen LogP contribution < -0.4 is 0 Å². The molecule has 1 amide bonds. The second kappa shape index (κ2) is 6.57. The molecular formula is C14H27NO4. The highest BCUT2D eigenvalue weighted by atomic mass is 16.5. The van der Waals surface area contributed by atoms with Crippen LogP contribution in [0.1, 0.15) is 53.4 Å². The number of aliphatic hydroxyl groups is 1. The monoisotopic (exact) mass is 273 g/mol. The lowest BCUT2D eigenvalue weighted by Gasteiger charge is -2.38. The topological polar surface area (TPSA) is 70.0 Å². The van der Waals surface area contributed by atoms with Crippen LogP contribution >= 0.6 is 0 Å². The predicted octanol–water partition coefficient (Wildman–Crippen LogP) is 2.47. The van der Waals surface area contributed by atoms with Gasteiger partial charge in [-0.25, -0.2) is 4.79 Å². The molecule has 1 atom stereocenters. The standard InChI is InChI=1S/C14H27NO4/c1-10(15(13(17)18)14(2,3)4)9-19-12-7-5-11(16)6-8-12/h10-12,16H,5-9H2,1-4H3,(H,17,18)/t10-,11-,12+/m0/s1. The van der Waals surface area contributed by atoms with E-state index >= 15 is 0 Å². The SMILES string of the molecule is C[C@@H](CO[C@H]1CC[C@@H](O)CC1)N(C(=O)O)C(C)(C)C. The summed E-state index contributed by atoms with van der Waals surface area (Å²) >= 11 is 0. The van der Waals surface area contributed by atoms with E-state index in [1.807, 2.05) is 27.7 Å². The Morgan fingerprint density at radius 1 is 1.32 bits per heavy atom. The first-order valence-corrected chi connectivity index (χ1v) is 7.03. The van der Waals surface area contributed by atoms with E-state index in [9.17, 15) is 15.0 Å². The van der Waals surface area contributed by atoms with Gasteiger partial charge in [0.05, 0.1) is 24.9 Å². The largest absolute Gasteiger partial charge is 0.465 e. The van der Waals surface area contributed by atoms with E-state index in [0.717, 1.165) is 25.7 Å². The number of hydrogen-bond acceptors (Lipinski definition) is 3. The van der Waals surface area contributed by atoms with E-state index in [-0.39, 0.29) is 18.2 Å². The molecule has 0 unspecified atom stereocenters. The smallest absolute Gasteiger partial charge is 0.408 e. The summed E-state index contributed by atoms with van der Waals surface area (Å²) in [5.41, 5.74) is -0.433. The van der Waals surface area contributed by atoms with Crippen LogP contribution in [-0.2, 0) is 4.74 Å². The molecule has 1 rings (SSSR count). The highest BCUT2D eigenvalue weighted by Crippen LogP contribution is 2.23. The summed E-state index contributed by atoms with van der Waals surface area (Å²) in [6.45, 7) is 7.93. The Morgan fingerprint density at radius 2 is 1.84 bits per heavy atom. The van der Waals surface area contributed by atoms with Crippen molar-refractivity contribution < 1.29 is 19.7 Å². The number of carbonyl (C=O) groups is 1. The average molecular weight is 273 g/mol. The Morgan fingerprint density at radius 3 is 2.26 bits per heavy atom. The van der Waals surface area contributed by atoms with Crippen molar-refractivity contribution in [2.45, 2.75) is 77.2 Å². The van der Waals surface area contributed by atoms with Gasteiger partial charge in [-0.1, -0.05) is 0 Å². The molecule has 0 aliphatic heterocycles. The molecule has 1 saturated carbocycles. The minimum absolute atomic E-state index is 0.154. The first kappa shape index (κ1) is 16.2. The highest BCUT2D eigenvalue weighted by molar-refractivity contribution is 5.66. The molecule has 0 spiro atoms. The molecule has 2 N–H and O–H groups in total. The minimum atomic E-state index is -0.914. The average Bonchev–Trinajstić information content (AvgIpc) is 2.25. The number of nitrogens with zero attached hydrogens (tertiary/aromatic N) is 1. The highest BCUT2D eigenvalue weighted by Gasteiger charge is 2.31. The molecule has 1 aliphatic carbocycles. The maximum Gasteiger partial charge on any atom is 0.408 e. The lowest BCUT2D eigenvalue weighted by molar-refractivity contribution is -0.0340. The van der Waals surface area contributed by atoms with Crippen LogP contribution in [0.25, 0.3) is 0 Å². The van der Waals surface area contributed by atoms with E-state index in [4.69, 9.17) is 4.74 Å². The van der Waals surface area contributed by atoms with Gasteiger partial charge in [0.1, 0.15) is 0 Å². The fraction of sp³-hybridized carbons (Fsp3) is 0.929. The Hall–Kier alpha value is -0.810. The fourth-order valence-corrected chi connectivity index (χ4v) is 2.70. The van der Waals surface area contributed by atoms with E-state index < -0.39 is 11.6 Å². The predicted molar refractivity (Wildman–Crippen MR) is 73.3 cm³/mol. The van der Waals surface area contributed by atoms with Crippen LogP contribution in [0.15, 0.2) is 0 Å². The zero-order valence-electron chi connectivity index (χ0n) is 12.4. The summed E-state index contributed by atoms with van der Waals surface area (Å²) < 4.78 is 5.80. The van der Waals surface area contributed by atoms with Gasteiger partial charge in [-0.2, -0.15) is 0 Å². The lowest BCUT2D eigenvalue weighted by Crippen LogP contribution is -2.52. The van der Waals surface area contributed by atoms with Gasteiger partial charge in [0.25, 0.3) is 0 Å². The van der Waals surface area contributed by atoms with Gasteiger partial charge >= 0.3 is 6.09 Å². The van der Waals surface area contributed by atoms with Crippen LogP contribution in [0.2, 0.25) is 0 Å². The minimum Gasteiger partial charge on any atom is -0.465 e. The molecule has 0 saturated heterocycles. The van der Waals surface area contributed by atoms with Crippen molar-refractivity contribution in [1.29, 1.82) is 0 Å². The first-order chi connectivity index (χ1) is 8.71. The van der Waals surface area contributed by atoms with Crippen molar-refractivity contribution in [3.8, 4) is 0 Å². The summed E-state index contributed by atoms with van der Waals surface area (Å²) in [7, 11) is 0. The number of rotatable bonds is 4. The molecular weight excluding hydrogens is 246 g/mol. The number of hydrogen-bond donors (Lipinski definition) is 2. The van der Waals surface area contributed by atoms with Gasteiger partial charge in [-0.3, -0.25) is 4.90 Å². The first-order valence-electron chi connectivity index (χ1n) is 7.03. The molecule has 0 aromatic carbocycles.